The van der Waals surface area contributed by atoms with Crippen molar-refractivity contribution in [2.45, 2.75) is 51.6 Å². The van der Waals surface area contributed by atoms with Crippen LogP contribution in [0, 0.1) is 0 Å². The van der Waals surface area contributed by atoms with E-state index in [0.717, 1.165) is 23.6 Å². The van der Waals surface area contributed by atoms with Gasteiger partial charge in [-0.05, 0) is 63.4 Å². The van der Waals surface area contributed by atoms with Crippen molar-refractivity contribution >= 4 is 28.2 Å². The number of nitrogens with zero attached hydrogens (tertiary/aromatic N) is 2. The fourth-order valence-corrected chi connectivity index (χ4v) is 4.03. The molecule has 3 nitrogen and oxygen atoms in total. The Bertz CT molecular complexity index is 650. The molecule has 1 aromatic heterocycles. The smallest absolute Gasteiger partial charge is 0.0737 e. The van der Waals surface area contributed by atoms with Crippen LogP contribution in [0.15, 0.2) is 30.5 Å². The Labute approximate surface area is 144 Å². The van der Waals surface area contributed by atoms with Crippen molar-refractivity contribution < 1.29 is 0 Å². The number of anilines is 1. The maximum absolute atomic E-state index is 6.12. The summed E-state index contributed by atoms with van der Waals surface area (Å²) in [6.45, 7) is 6.54. The highest BCUT2D eigenvalue weighted by Gasteiger charge is 2.25. The van der Waals surface area contributed by atoms with Crippen LogP contribution in [0.25, 0.3) is 10.9 Å². The van der Waals surface area contributed by atoms with Gasteiger partial charge in [0.2, 0.25) is 0 Å². The first-order valence-corrected chi connectivity index (χ1v) is 9.15. The second kappa shape index (κ2) is 7.50. The van der Waals surface area contributed by atoms with Gasteiger partial charge in [-0.15, -0.1) is 0 Å². The van der Waals surface area contributed by atoms with Gasteiger partial charge in [-0.3, -0.25) is 4.98 Å². The molecule has 1 aromatic carbocycles. The first-order valence-electron chi connectivity index (χ1n) is 8.77. The number of hydrogen-bond donors (Lipinski definition) is 1. The van der Waals surface area contributed by atoms with Crippen LogP contribution in [0.1, 0.15) is 39.5 Å². The second-order valence-corrected chi connectivity index (χ2v) is 6.78. The normalized spacial score (nSPS) is 21.5. The molecule has 0 atom stereocenters. The Balaban J connectivity index is 1.84. The summed E-state index contributed by atoms with van der Waals surface area (Å²) in [7, 11) is 0. The Morgan fingerprint density at radius 3 is 2.65 bits per heavy atom. The molecule has 0 unspecified atom stereocenters. The van der Waals surface area contributed by atoms with Crippen LogP contribution in [0.2, 0.25) is 5.02 Å². The first kappa shape index (κ1) is 16.5. The van der Waals surface area contributed by atoms with E-state index in [-0.39, 0.29) is 0 Å². The summed E-state index contributed by atoms with van der Waals surface area (Å²) in [5.74, 6) is 0. The molecule has 1 aliphatic carbocycles. The van der Waals surface area contributed by atoms with E-state index >= 15 is 0 Å². The van der Waals surface area contributed by atoms with Crippen LogP contribution in [0.3, 0.4) is 0 Å². The van der Waals surface area contributed by atoms with Crippen molar-refractivity contribution in [1.82, 2.24) is 10.3 Å². The van der Waals surface area contributed by atoms with Gasteiger partial charge in [-0.2, -0.15) is 0 Å². The molecule has 1 heterocycles. The molecular weight excluding hydrogens is 306 g/mol. The zero-order valence-corrected chi connectivity index (χ0v) is 14.8. The third-order valence-corrected chi connectivity index (χ3v) is 5.20. The van der Waals surface area contributed by atoms with Gasteiger partial charge in [0.25, 0.3) is 0 Å². The first-order chi connectivity index (χ1) is 11.2. The minimum absolute atomic E-state index is 0.621. The van der Waals surface area contributed by atoms with Crippen molar-refractivity contribution in [3.8, 4) is 0 Å². The monoisotopic (exact) mass is 331 g/mol. The summed E-state index contributed by atoms with van der Waals surface area (Å²) >= 11 is 6.12. The van der Waals surface area contributed by atoms with E-state index in [2.05, 4.69) is 41.2 Å². The minimum atomic E-state index is 0.621. The molecule has 1 aliphatic rings. The maximum Gasteiger partial charge on any atom is 0.0737 e. The number of nitrogens with one attached hydrogen (secondary N) is 1. The summed E-state index contributed by atoms with van der Waals surface area (Å²) in [6, 6.07) is 9.49. The zero-order chi connectivity index (χ0) is 16.2. The molecule has 0 amide bonds. The van der Waals surface area contributed by atoms with Crippen molar-refractivity contribution in [2.75, 3.05) is 18.0 Å². The van der Waals surface area contributed by atoms with Gasteiger partial charge >= 0.3 is 0 Å². The van der Waals surface area contributed by atoms with E-state index in [4.69, 9.17) is 11.6 Å². The van der Waals surface area contributed by atoms with Crippen molar-refractivity contribution in [1.29, 1.82) is 0 Å². The second-order valence-electron chi connectivity index (χ2n) is 6.34. The minimum Gasteiger partial charge on any atom is -0.368 e. The predicted octanol–water partition coefficient (Wildman–Crippen LogP) is 4.64. The lowest BCUT2D eigenvalue weighted by molar-refractivity contribution is 0.337. The lowest BCUT2D eigenvalue weighted by Crippen LogP contribution is -2.42. The molecule has 1 fully saturated rings. The van der Waals surface area contributed by atoms with Gasteiger partial charge in [-0.25, -0.2) is 0 Å². The van der Waals surface area contributed by atoms with Gasteiger partial charge in [-0.1, -0.05) is 18.5 Å². The van der Waals surface area contributed by atoms with E-state index in [1.54, 1.807) is 0 Å². The summed E-state index contributed by atoms with van der Waals surface area (Å²) in [5.41, 5.74) is 2.27. The van der Waals surface area contributed by atoms with Gasteiger partial charge in [0, 0.05) is 40.9 Å². The highest BCUT2D eigenvalue weighted by molar-refractivity contribution is 6.31. The molecular formula is C19H26ClN3. The van der Waals surface area contributed by atoms with Gasteiger partial charge in [0.15, 0.2) is 0 Å². The molecule has 2 aromatic rings. The molecule has 3 rings (SSSR count). The molecule has 0 aliphatic heterocycles. The Morgan fingerprint density at radius 1 is 1.17 bits per heavy atom. The zero-order valence-electron chi connectivity index (χ0n) is 14.1. The summed E-state index contributed by atoms with van der Waals surface area (Å²) in [4.78, 5) is 7.04. The van der Waals surface area contributed by atoms with E-state index in [1.165, 1.54) is 36.8 Å². The highest BCUT2D eigenvalue weighted by Crippen LogP contribution is 2.32. The lowest BCUT2D eigenvalue weighted by Gasteiger charge is -2.38. The van der Waals surface area contributed by atoms with E-state index in [0.29, 0.717) is 12.1 Å². The van der Waals surface area contributed by atoms with E-state index in [1.807, 2.05) is 18.3 Å². The number of pyridine rings is 1. The average molecular weight is 332 g/mol. The Kier molecular flexibility index (Phi) is 5.39. The third kappa shape index (κ3) is 3.61. The molecule has 0 radical (unpaired) electrons. The van der Waals surface area contributed by atoms with Gasteiger partial charge in [0.05, 0.1) is 5.52 Å². The molecule has 0 spiro atoms. The Hall–Kier alpha value is -1.32. The van der Waals surface area contributed by atoms with Crippen LogP contribution >= 0.6 is 11.6 Å². The number of hydrogen-bond acceptors (Lipinski definition) is 3. The predicted molar refractivity (Wildman–Crippen MR) is 99.5 cm³/mol. The largest absolute Gasteiger partial charge is 0.368 e. The van der Waals surface area contributed by atoms with Crippen LogP contribution in [-0.4, -0.2) is 30.2 Å². The van der Waals surface area contributed by atoms with Crippen LogP contribution in [0.5, 0.6) is 0 Å². The van der Waals surface area contributed by atoms with Crippen LogP contribution < -0.4 is 10.2 Å². The van der Waals surface area contributed by atoms with Crippen LogP contribution in [0.4, 0.5) is 5.69 Å². The topological polar surface area (TPSA) is 28.2 Å². The summed E-state index contributed by atoms with van der Waals surface area (Å²) in [6.07, 6.45) is 6.94. The van der Waals surface area contributed by atoms with Gasteiger partial charge in [0.1, 0.15) is 0 Å². The number of rotatable bonds is 5. The number of fused-ring (bicyclic) bond motifs is 1. The third-order valence-electron chi connectivity index (χ3n) is 4.96. The molecule has 124 valence electrons. The molecule has 1 N–H and O–H groups in total. The molecule has 1 saturated carbocycles. The standard InChI is InChI=1S/C19H26ClN3/c1-3-21-15-6-8-16(9-7-15)23(4-2)19-11-12-22-18-13-14(20)5-10-17(18)19/h5,10-13,15-16,21H,3-4,6-9H2,1-2H3. The average Bonchev–Trinajstić information content (AvgIpc) is 2.57. The van der Waals surface area contributed by atoms with Crippen molar-refractivity contribution in [2.24, 2.45) is 0 Å². The number of halogens is 1. The van der Waals surface area contributed by atoms with Crippen molar-refractivity contribution in [3.63, 3.8) is 0 Å². The van der Waals surface area contributed by atoms with E-state index < -0.39 is 0 Å². The highest BCUT2D eigenvalue weighted by atomic mass is 35.5. The van der Waals surface area contributed by atoms with E-state index in [9.17, 15) is 0 Å². The maximum atomic E-state index is 6.12. The fourth-order valence-electron chi connectivity index (χ4n) is 3.86. The number of aromatic nitrogens is 1. The fraction of sp³-hybridized carbons (Fsp3) is 0.526. The number of benzene rings is 1. The summed E-state index contributed by atoms with van der Waals surface area (Å²) in [5, 5.41) is 5.54. The molecule has 23 heavy (non-hydrogen) atoms. The quantitative estimate of drug-likeness (QED) is 0.865. The van der Waals surface area contributed by atoms with Crippen molar-refractivity contribution in [3.05, 3.63) is 35.5 Å². The molecule has 0 saturated heterocycles. The molecule has 0 bridgehead atoms. The molecule has 4 heteroatoms. The lowest BCUT2D eigenvalue weighted by atomic mass is 9.89. The van der Waals surface area contributed by atoms with Crippen LogP contribution in [-0.2, 0) is 0 Å². The SMILES string of the molecule is CCNC1CCC(N(CC)c2ccnc3cc(Cl)ccc23)CC1. The Morgan fingerprint density at radius 2 is 1.96 bits per heavy atom. The van der Waals surface area contributed by atoms with Gasteiger partial charge < -0.3 is 10.2 Å². The summed E-state index contributed by atoms with van der Waals surface area (Å²) < 4.78 is 0.